The molecule has 1 amide bonds. The van der Waals surface area contributed by atoms with Gasteiger partial charge in [-0.3, -0.25) is 4.79 Å². The van der Waals surface area contributed by atoms with Crippen LogP contribution in [0.2, 0.25) is 0 Å². The molecule has 0 radical (unpaired) electrons. The number of fused-ring (bicyclic) bond motifs is 5. The summed E-state index contributed by atoms with van der Waals surface area (Å²) in [5.74, 6) is 5.50. The van der Waals surface area contributed by atoms with Gasteiger partial charge in [-0.2, -0.15) is 0 Å². The van der Waals surface area contributed by atoms with E-state index >= 15 is 0 Å². The van der Waals surface area contributed by atoms with Gasteiger partial charge in [0.1, 0.15) is 0 Å². The van der Waals surface area contributed by atoms with Crippen LogP contribution in [0.15, 0.2) is 17.5 Å². The predicted octanol–water partition coefficient (Wildman–Crippen LogP) is 3.92. The van der Waals surface area contributed by atoms with Crippen LogP contribution in [-0.4, -0.2) is 17.7 Å². The van der Waals surface area contributed by atoms with E-state index < -0.39 is 0 Å². The average molecular weight is 322 g/mol. The third-order valence-electron chi connectivity index (χ3n) is 5.83. The second kappa shape index (κ2) is 5.96. The zero-order chi connectivity index (χ0) is 14.2. The van der Waals surface area contributed by atoms with Gasteiger partial charge in [0.25, 0.3) is 0 Å². The predicted molar refractivity (Wildman–Crippen MR) is 89.5 cm³/mol. The van der Waals surface area contributed by atoms with E-state index in [1.807, 2.05) is 0 Å². The van der Waals surface area contributed by atoms with E-state index in [1.165, 1.54) is 37.0 Å². The number of nitrogens with one attached hydrogen (secondary N) is 1. The molecule has 4 heteroatoms. The van der Waals surface area contributed by atoms with E-state index in [0.29, 0.717) is 11.8 Å². The Morgan fingerprint density at radius 2 is 2.19 bits per heavy atom. The highest BCUT2D eigenvalue weighted by atomic mass is 32.2. The van der Waals surface area contributed by atoms with Gasteiger partial charge < -0.3 is 5.32 Å². The Hall–Kier alpha value is -0.480. The molecule has 3 fully saturated rings. The van der Waals surface area contributed by atoms with Crippen molar-refractivity contribution in [1.29, 1.82) is 0 Å². The van der Waals surface area contributed by atoms with Crippen molar-refractivity contribution >= 4 is 29.0 Å². The van der Waals surface area contributed by atoms with Crippen LogP contribution in [0.3, 0.4) is 0 Å². The van der Waals surface area contributed by atoms with E-state index in [-0.39, 0.29) is 5.91 Å². The highest BCUT2D eigenvalue weighted by Gasteiger charge is 2.53. The number of thioether (sulfide) groups is 1. The van der Waals surface area contributed by atoms with Gasteiger partial charge >= 0.3 is 0 Å². The highest BCUT2D eigenvalue weighted by molar-refractivity contribution is 7.99. The van der Waals surface area contributed by atoms with Crippen molar-refractivity contribution < 1.29 is 4.79 Å². The monoisotopic (exact) mass is 321 g/mol. The second-order valence-corrected chi connectivity index (χ2v) is 8.92. The van der Waals surface area contributed by atoms with E-state index in [9.17, 15) is 4.79 Å². The van der Waals surface area contributed by atoms with Gasteiger partial charge in [-0.25, -0.2) is 0 Å². The fourth-order valence-corrected chi connectivity index (χ4v) is 6.80. The average Bonchev–Trinajstić information content (AvgIpc) is 3.21. The number of amides is 1. The first-order valence-corrected chi connectivity index (χ1v) is 10.2. The highest BCUT2D eigenvalue weighted by Crippen LogP contribution is 2.58. The van der Waals surface area contributed by atoms with Crippen LogP contribution in [0.4, 0.5) is 0 Å². The molecule has 114 valence electrons. The first-order chi connectivity index (χ1) is 10.3. The second-order valence-electron chi connectivity index (χ2n) is 6.90. The maximum atomic E-state index is 12.2. The van der Waals surface area contributed by atoms with Gasteiger partial charge in [0.2, 0.25) is 5.91 Å². The molecule has 2 bridgehead atoms. The summed E-state index contributed by atoms with van der Waals surface area (Å²) in [6.07, 6.45) is 6.96. The summed E-state index contributed by atoms with van der Waals surface area (Å²) in [4.78, 5) is 13.5. The molecular formula is C17H23NOS2. The molecule has 4 rings (SSSR count). The fourth-order valence-electron chi connectivity index (χ4n) is 5.12. The summed E-state index contributed by atoms with van der Waals surface area (Å²) in [5.41, 5.74) is 0. The number of rotatable bonds is 5. The summed E-state index contributed by atoms with van der Waals surface area (Å²) in [6, 6.07) is 4.71. The van der Waals surface area contributed by atoms with Crippen LogP contribution in [0.25, 0.3) is 0 Å². The SMILES string of the molecule is O=C(CSCc1cccs1)N[C@@H]1C[C@H]2C[C@H]1[C@@H]1CCC[C@H]21. The third-order valence-corrected chi connectivity index (χ3v) is 7.87. The van der Waals surface area contributed by atoms with E-state index in [0.717, 1.165) is 29.4 Å². The summed E-state index contributed by atoms with van der Waals surface area (Å²) >= 11 is 3.52. The van der Waals surface area contributed by atoms with Crippen molar-refractivity contribution in [3.63, 3.8) is 0 Å². The van der Waals surface area contributed by atoms with Crippen molar-refractivity contribution in [3.8, 4) is 0 Å². The molecular weight excluding hydrogens is 298 g/mol. The van der Waals surface area contributed by atoms with E-state index in [1.54, 1.807) is 23.1 Å². The number of hydrogen-bond donors (Lipinski definition) is 1. The molecule has 0 spiro atoms. The third kappa shape index (κ3) is 2.77. The van der Waals surface area contributed by atoms with Gasteiger partial charge in [0.15, 0.2) is 0 Å². The number of thiophene rings is 1. The molecule has 1 aromatic rings. The van der Waals surface area contributed by atoms with Gasteiger partial charge in [-0.05, 0) is 60.8 Å². The van der Waals surface area contributed by atoms with Crippen LogP contribution in [-0.2, 0) is 10.5 Å². The van der Waals surface area contributed by atoms with Crippen molar-refractivity contribution in [2.75, 3.05) is 5.75 Å². The molecule has 0 saturated heterocycles. The van der Waals surface area contributed by atoms with Crippen molar-refractivity contribution in [2.24, 2.45) is 23.7 Å². The van der Waals surface area contributed by atoms with Crippen molar-refractivity contribution in [3.05, 3.63) is 22.4 Å². The summed E-state index contributed by atoms with van der Waals surface area (Å²) in [7, 11) is 0. The quantitative estimate of drug-likeness (QED) is 0.890. The minimum atomic E-state index is 0.253. The Morgan fingerprint density at radius 1 is 1.29 bits per heavy atom. The zero-order valence-corrected chi connectivity index (χ0v) is 13.9. The minimum absolute atomic E-state index is 0.253. The summed E-state index contributed by atoms with van der Waals surface area (Å²) < 4.78 is 0. The van der Waals surface area contributed by atoms with Gasteiger partial charge in [-0.15, -0.1) is 23.1 Å². The molecule has 0 aliphatic heterocycles. The van der Waals surface area contributed by atoms with Crippen LogP contribution < -0.4 is 5.32 Å². The molecule has 3 aliphatic rings. The topological polar surface area (TPSA) is 29.1 Å². The molecule has 3 aliphatic carbocycles. The Kier molecular flexibility index (Phi) is 4.01. The Labute approximate surface area is 135 Å². The minimum Gasteiger partial charge on any atom is -0.352 e. The molecule has 5 atom stereocenters. The molecule has 1 aromatic heterocycles. The van der Waals surface area contributed by atoms with Gasteiger partial charge in [0, 0.05) is 16.7 Å². The van der Waals surface area contributed by atoms with E-state index in [4.69, 9.17) is 0 Å². The lowest BCUT2D eigenvalue weighted by Crippen LogP contribution is -2.43. The van der Waals surface area contributed by atoms with Crippen LogP contribution in [0, 0.1) is 23.7 Å². The summed E-state index contributed by atoms with van der Waals surface area (Å²) in [6.45, 7) is 0. The molecule has 3 saturated carbocycles. The Bertz CT molecular complexity index is 501. The fraction of sp³-hybridized carbons (Fsp3) is 0.706. The van der Waals surface area contributed by atoms with Crippen molar-refractivity contribution in [1.82, 2.24) is 5.32 Å². The van der Waals surface area contributed by atoms with Gasteiger partial charge in [0.05, 0.1) is 5.75 Å². The molecule has 0 aromatic carbocycles. The number of hydrogen-bond acceptors (Lipinski definition) is 3. The smallest absolute Gasteiger partial charge is 0.230 e. The number of carbonyl (C=O) groups is 1. The Morgan fingerprint density at radius 3 is 3.05 bits per heavy atom. The maximum Gasteiger partial charge on any atom is 0.230 e. The molecule has 1 N–H and O–H groups in total. The lowest BCUT2D eigenvalue weighted by Gasteiger charge is -2.32. The van der Waals surface area contributed by atoms with Crippen LogP contribution in [0.1, 0.15) is 37.0 Å². The first kappa shape index (κ1) is 14.1. The van der Waals surface area contributed by atoms with Crippen LogP contribution >= 0.6 is 23.1 Å². The number of carbonyl (C=O) groups excluding carboxylic acids is 1. The lowest BCUT2D eigenvalue weighted by atomic mass is 9.79. The molecule has 0 unspecified atom stereocenters. The Balaban J connectivity index is 1.24. The lowest BCUT2D eigenvalue weighted by molar-refractivity contribution is -0.119. The molecule has 2 nitrogen and oxygen atoms in total. The normalized spacial score (nSPS) is 36.9. The first-order valence-electron chi connectivity index (χ1n) is 8.21. The van der Waals surface area contributed by atoms with Crippen molar-refractivity contribution in [2.45, 2.75) is 43.9 Å². The maximum absolute atomic E-state index is 12.2. The largest absolute Gasteiger partial charge is 0.352 e. The van der Waals surface area contributed by atoms with Gasteiger partial charge in [-0.1, -0.05) is 12.5 Å². The molecule has 21 heavy (non-hydrogen) atoms. The van der Waals surface area contributed by atoms with Crippen LogP contribution in [0.5, 0.6) is 0 Å². The van der Waals surface area contributed by atoms with E-state index in [2.05, 4.69) is 22.8 Å². The standard InChI is InChI=1S/C17H23NOS2/c19-17(10-20-9-12-3-2-6-21-12)18-16-8-11-7-15(16)14-5-1-4-13(11)14/h2-3,6,11,13-16H,1,4-5,7-10H2,(H,18,19)/t11-,13-,14-,15+,16-/m1/s1. The zero-order valence-electron chi connectivity index (χ0n) is 12.3. The summed E-state index contributed by atoms with van der Waals surface area (Å²) in [5, 5.41) is 5.45. The molecule has 1 heterocycles.